The van der Waals surface area contributed by atoms with Crippen molar-refractivity contribution in [3.8, 4) is 34.4 Å². The topological polar surface area (TPSA) is 47.6 Å². The molecule has 0 saturated carbocycles. The van der Waals surface area contributed by atoms with E-state index < -0.39 is 0 Å². The van der Waals surface area contributed by atoms with Crippen LogP contribution in [0.25, 0.3) is 22.3 Å². The van der Waals surface area contributed by atoms with E-state index in [2.05, 4.69) is 62.4 Å². The molecule has 4 aromatic rings. The standard InChI is InChI=1S/C28H20N2S/c1-19-3-13-27(25(15-19)23-9-5-21(17-29)6-10-23)31-28-14-4-20(2)16-26(28)24-11-7-22(18-30)8-12-24/h3-16H,1-2H3. The van der Waals surface area contributed by atoms with E-state index in [-0.39, 0.29) is 0 Å². The van der Waals surface area contributed by atoms with Gasteiger partial charge in [-0.2, -0.15) is 10.5 Å². The lowest BCUT2D eigenvalue weighted by Gasteiger charge is -2.15. The summed E-state index contributed by atoms with van der Waals surface area (Å²) in [6, 6.07) is 32.8. The van der Waals surface area contributed by atoms with Crippen molar-refractivity contribution in [2.75, 3.05) is 0 Å². The first-order valence-electron chi connectivity index (χ1n) is 9.97. The maximum Gasteiger partial charge on any atom is 0.0991 e. The summed E-state index contributed by atoms with van der Waals surface area (Å²) in [5.74, 6) is 0. The third-order valence-electron chi connectivity index (χ3n) is 5.14. The predicted octanol–water partition coefficient (Wildman–Crippen LogP) is 7.53. The fourth-order valence-corrected chi connectivity index (χ4v) is 4.57. The van der Waals surface area contributed by atoms with Crippen LogP contribution in [0.5, 0.6) is 0 Å². The van der Waals surface area contributed by atoms with E-state index in [9.17, 15) is 0 Å². The molecular formula is C28H20N2S. The molecule has 0 fully saturated rings. The van der Waals surface area contributed by atoms with E-state index in [1.54, 1.807) is 11.8 Å². The average Bonchev–Trinajstić information content (AvgIpc) is 2.81. The van der Waals surface area contributed by atoms with Gasteiger partial charge in [-0.05, 0) is 72.5 Å². The van der Waals surface area contributed by atoms with Crippen LogP contribution in [0.1, 0.15) is 22.3 Å². The van der Waals surface area contributed by atoms with E-state index in [1.807, 2.05) is 48.5 Å². The normalized spacial score (nSPS) is 10.3. The molecule has 0 aliphatic carbocycles. The molecule has 4 aromatic carbocycles. The molecule has 0 N–H and O–H groups in total. The van der Waals surface area contributed by atoms with Crippen molar-refractivity contribution in [2.24, 2.45) is 0 Å². The quantitative estimate of drug-likeness (QED) is 0.345. The summed E-state index contributed by atoms with van der Waals surface area (Å²) in [4.78, 5) is 2.32. The summed E-state index contributed by atoms with van der Waals surface area (Å²) in [7, 11) is 0. The van der Waals surface area contributed by atoms with Gasteiger partial charge < -0.3 is 0 Å². The Morgan fingerprint density at radius 3 is 1.29 bits per heavy atom. The van der Waals surface area contributed by atoms with Gasteiger partial charge in [0.05, 0.1) is 23.3 Å². The Kier molecular flexibility index (Phi) is 5.89. The molecule has 0 spiro atoms. The number of hydrogen-bond donors (Lipinski definition) is 0. The monoisotopic (exact) mass is 416 g/mol. The molecule has 2 nitrogen and oxygen atoms in total. The SMILES string of the molecule is Cc1ccc(Sc2ccc(C)cc2-c2ccc(C#N)cc2)c(-c2ccc(C#N)cc2)c1. The highest BCUT2D eigenvalue weighted by atomic mass is 32.2. The van der Waals surface area contributed by atoms with Crippen LogP contribution in [0.2, 0.25) is 0 Å². The van der Waals surface area contributed by atoms with Gasteiger partial charge in [0.2, 0.25) is 0 Å². The first-order chi connectivity index (χ1) is 15.1. The molecule has 0 saturated heterocycles. The Balaban J connectivity index is 1.78. The van der Waals surface area contributed by atoms with Gasteiger partial charge in [0.15, 0.2) is 0 Å². The number of benzene rings is 4. The number of nitrogens with zero attached hydrogens (tertiary/aromatic N) is 2. The molecule has 148 valence electrons. The molecule has 0 unspecified atom stereocenters. The zero-order chi connectivity index (χ0) is 21.8. The summed E-state index contributed by atoms with van der Waals surface area (Å²) in [5.41, 5.74) is 8.20. The summed E-state index contributed by atoms with van der Waals surface area (Å²) in [6.07, 6.45) is 0. The van der Waals surface area contributed by atoms with Crippen LogP contribution in [-0.2, 0) is 0 Å². The predicted molar refractivity (Wildman–Crippen MR) is 127 cm³/mol. The summed E-state index contributed by atoms with van der Waals surface area (Å²) in [6.45, 7) is 4.19. The molecule has 0 atom stereocenters. The van der Waals surface area contributed by atoms with Gasteiger partial charge >= 0.3 is 0 Å². The Hall–Kier alpha value is -3.79. The molecule has 0 radical (unpaired) electrons. The lowest BCUT2D eigenvalue weighted by Crippen LogP contribution is -1.88. The molecule has 3 heteroatoms. The van der Waals surface area contributed by atoms with Crippen molar-refractivity contribution in [3.05, 3.63) is 107 Å². The van der Waals surface area contributed by atoms with Crippen molar-refractivity contribution in [3.63, 3.8) is 0 Å². The van der Waals surface area contributed by atoms with Crippen molar-refractivity contribution in [2.45, 2.75) is 23.6 Å². The minimum atomic E-state index is 0.659. The lowest BCUT2D eigenvalue weighted by molar-refractivity contribution is 1.34. The van der Waals surface area contributed by atoms with E-state index in [4.69, 9.17) is 10.5 Å². The van der Waals surface area contributed by atoms with Gasteiger partial charge in [-0.1, -0.05) is 71.4 Å². The first-order valence-corrected chi connectivity index (χ1v) is 10.8. The minimum Gasteiger partial charge on any atom is -0.192 e. The Bertz CT molecular complexity index is 1220. The number of hydrogen-bond acceptors (Lipinski definition) is 3. The maximum absolute atomic E-state index is 9.11. The van der Waals surface area contributed by atoms with Crippen molar-refractivity contribution < 1.29 is 0 Å². The van der Waals surface area contributed by atoms with E-state index in [0.717, 1.165) is 32.0 Å². The van der Waals surface area contributed by atoms with Crippen LogP contribution >= 0.6 is 11.8 Å². The second-order valence-corrected chi connectivity index (χ2v) is 8.56. The molecule has 0 heterocycles. The molecule has 0 amide bonds. The Morgan fingerprint density at radius 2 is 0.935 bits per heavy atom. The van der Waals surface area contributed by atoms with Crippen LogP contribution in [0.3, 0.4) is 0 Å². The molecule has 4 rings (SSSR count). The van der Waals surface area contributed by atoms with Crippen LogP contribution in [0, 0.1) is 36.5 Å². The molecule has 0 aromatic heterocycles. The largest absolute Gasteiger partial charge is 0.192 e. The van der Waals surface area contributed by atoms with Gasteiger partial charge in [0, 0.05) is 9.79 Å². The third kappa shape index (κ3) is 4.53. The molecule has 0 aliphatic rings. The van der Waals surface area contributed by atoms with E-state index >= 15 is 0 Å². The second kappa shape index (κ2) is 8.92. The maximum atomic E-state index is 9.11. The Morgan fingerprint density at radius 1 is 0.548 bits per heavy atom. The van der Waals surface area contributed by atoms with Gasteiger partial charge in [0.1, 0.15) is 0 Å². The smallest absolute Gasteiger partial charge is 0.0991 e. The highest BCUT2D eigenvalue weighted by molar-refractivity contribution is 7.99. The molecular weight excluding hydrogens is 396 g/mol. The summed E-state index contributed by atoms with van der Waals surface area (Å²) >= 11 is 1.74. The van der Waals surface area contributed by atoms with E-state index in [1.165, 1.54) is 11.1 Å². The van der Waals surface area contributed by atoms with Crippen LogP contribution in [0.15, 0.2) is 94.7 Å². The fraction of sp³-hybridized carbons (Fsp3) is 0.0714. The second-order valence-electron chi connectivity index (χ2n) is 7.48. The molecule has 0 bridgehead atoms. The van der Waals surface area contributed by atoms with Crippen LogP contribution < -0.4 is 0 Å². The summed E-state index contributed by atoms with van der Waals surface area (Å²) < 4.78 is 0. The van der Waals surface area contributed by atoms with Crippen LogP contribution in [0.4, 0.5) is 0 Å². The van der Waals surface area contributed by atoms with Crippen LogP contribution in [-0.4, -0.2) is 0 Å². The first kappa shape index (κ1) is 20.5. The average molecular weight is 417 g/mol. The highest BCUT2D eigenvalue weighted by Crippen LogP contribution is 2.41. The van der Waals surface area contributed by atoms with Crippen molar-refractivity contribution in [1.29, 1.82) is 10.5 Å². The summed E-state index contributed by atoms with van der Waals surface area (Å²) in [5, 5.41) is 18.2. The van der Waals surface area contributed by atoms with Gasteiger partial charge in [-0.25, -0.2) is 0 Å². The van der Waals surface area contributed by atoms with Gasteiger partial charge in [-0.3, -0.25) is 0 Å². The number of aryl methyl sites for hydroxylation is 2. The molecule has 0 aliphatic heterocycles. The lowest BCUT2D eigenvalue weighted by atomic mass is 10.0. The minimum absolute atomic E-state index is 0.659. The fourth-order valence-electron chi connectivity index (χ4n) is 3.48. The van der Waals surface area contributed by atoms with Crippen molar-refractivity contribution >= 4 is 11.8 Å². The zero-order valence-corrected chi connectivity index (χ0v) is 18.2. The van der Waals surface area contributed by atoms with Gasteiger partial charge in [-0.15, -0.1) is 0 Å². The van der Waals surface area contributed by atoms with E-state index in [0.29, 0.717) is 11.1 Å². The highest BCUT2D eigenvalue weighted by Gasteiger charge is 2.12. The third-order valence-corrected chi connectivity index (χ3v) is 6.29. The van der Waals surface area contributed by atoms with Gasteiger partial charge in [0.25, 0.3) is 0 Å². The van der Waals surface area contributed by atoms with Crippen molar-refractivity contribution in [1.82, 2.24) is 0 Å². The molecule has 31 heavy (non-hydrogen) atoms. The number of rotatable bonds is 4. The zero-order valence-electron chi connectivity index (χ0n) is 17.4. The number of nitriles is 2. The Labute approximate surface area is 187 Å².